The van der Waals surface area contributed by atoms with E-state index < -0.39 is 0 Å². The maximum Gasteiger partial charge on any atom is 0.141 e. The lowest BCUT2D eigenvalue weighted by atomic mass is 9.90. The molecule has 0 bridgehead atoms. The minimum Gasteiger partial charge on any atom is -0.222 e. The molecule has 0 spiro atoms. The van der Waals surface area contributed by atoms with E-state index in [-0.39, 0.29) is 0 Å². The Bertz CT molecular complexity index is 530. The monoisotopic (exact) mass is 280 g/mol. The summed E-state index contributed by atoms with van der Waals surface area (Å²) in [5.41, 5.74) is 0. The van der Waals surface area contributed by atoms with Crippen LogP contribution < -0.4 is 0 Å². The van der Waals surface area contributed by atoms with Gasteiger partial charge in [-0.05, 0) is 24.3 Å². The molecule has 0 unspecified atom stereocenters. The van der Waals surface area contributed by atoms with Crippen LogP contribution in [0.1, 0.15) is 56.7 Å². The molecule has 0 N–H and O–H groups in total. The van der Waals surface area contributed by atoms with Crippen LogP contribution in [-0.4, -0.2) is 9.97 Å². The third kappa shape index (κ3) is 2.52. The standard InChI is InChI=1S/C14H17ClN2S/c15-12-11-8-9-18-14(11)17-13(16-12)10-6-4-2-1-3-5-7-10/h8-10H,1-7H2. The second kappa shape index (κ2) is 5.54. The predicted molar refractivity (Wildman–Crippen MR) is 77.5 cm³/mol. The number of halogens is 1. The Morgan fingerprint density at radius 1 is 1.06 bits per heavy atom. The van der Waals surface area contributed by atoms with Gasteiger partial charge in [0.15, 0.2) is 0 Å². The molecule has 2 aromatic rings. The topological polar surface area (TPSA) is 25.8 Å². The lowest BCUT2D eigenvalue weighted by molar-refractivity contribution is 0.443. The molecule has 1 saturated carbocycles. The van der Waals surface area contributed by atoms with Gasteiger partial charge in [-0.25, -0.2) is 9.97 Å². The van der Waals surface area contributed by atoms with Crippen LogP contribution in [0, 0.1) is 0 Å². The zero-order chi connectivity index (χ0) is 12.4. The van der Waals surface area contributed by atoms with Gasteiger partial charge in [-0.1, -0.05) is 43.7 Å². The SMILES string of the molecule is Clc1nc(C2CCCCCCC2)nc2sccc12. The van der Waals surface area contributed by atoms with E-state index in [9.17, 15) is 0 Å². The number of thiophene rings is 1. The highest BCUT2D eigenvalue weighted by molar-refractivity contribution is 7.16. The van der Waals surface area contributed by atoms with E-state index in [1.54, 1.807) is 11.3 Å². The van der Waals surface area contributed by atoms with Gasteiger partial charge < -0.3 is 0 Å². The van der Waals surface area contributed by atoms with Crippen molar-refractivity contribution >= 4 is 33.2 Å². The molecule has 1 aliphatic rings. The summed E-state index contributed by atoms with van der Waals surface area (Å²) >= 11 is 7.90. The number of hydrogen-bond donors (Lipinski definition) is 0. The van der Waals surface area contributed by atoms with Crippen LogP contribution >= 0.6 is 22.9 Å². The maximum absolute atomic E-state index is 6.25. The van der Waals surface area contributed by atoms with Crippen LogP contribution in [0.5, 0.6) is 0 Å². The average molecular weight is 281 g/mol. The largest absolute Gasteiger partial charge is 0.222 e. The lowest BCUT2D eigenvalue weighted by Gasteiger charge is -2.18. The van der Waals surface area contributed by atoms with Gasteiger partial charge in [-0.2, -0.15) is 0 Å². The summed E-state index contributed by atoms with van der Waals surface area (Å²) in [6, 6.07) is 2.00. The van der Waals surface area contributed by atoms with Crippen LogP contribution in [0.15, 0.2) is 11.4 Å². The number of nitrogens with zero attached hydrogens (tertiary/aromatic N) is 2. The van der Waals surface area contributed by atoms with Gasteiger partial charge in [0.1, 0.15) is 15.8 Å². The molecule has 4 heteroatoms. The van der Waals surface area contributed by atoms with Crippen molar-refractivity contribution in [2.24, 2.45) is 0 Å². The molecule has 0 saturated heterocycles. The van der Waals surface area contributed by atoms with Crippen LogP contribution in [0.25, 0.3) is 10.2 Å². The van der Waals surface area contributed by atoms with E-state index >= 15 is 0 Å². The van der Waals surface area contributed by atoms with Crippen LogP contribution in [-0.2, 0) is 0 Å². The smallest absolute Gasteiger partial charge is 0.141 e. The molecular formula is C14H17ClN2S. The second-order valence-electron chi connectivity index (χ2n) is 5.05. The summed E-state index contributed by atoms with van der Waals surface area (Å²) in [4.78, 5) is 10.3. The van der Waals surface area contributed by atoms with Crippen molar-refractivity contribution in [3.05, 3.63) is 22.4 Å². The first kappa shape index (κ1) is 12.4. The van der Waals surface area contributed by atoms with Crippen molar-refractivity contribution in [2.75, 3.05) is 0 Å². The van der Waals surface area contributed by atoms with Crippen molar-refractivity contribution in [1.29, 1.82) is 0 Å². The van der Waals surface area contributed by atoms with Gasteiger partial charge in [0.2, 0.25) is 0 Å². The van der Waals surface area contributed by atoms with Crippen molar-refractivity contribution < 1.29 is 0 Å². The summed E-state index contributed by atoms with van der Waals surface area (Å²) in [6.07, 6.45) is 9.12. The lowest BCUT2D eigenvalue weighted by Crippen LogP contribution is -2.07. The van der Waals surface area contributed by atoms with Gasteiger partial charge in [0, 0.05) is 11.3 Å². The average Bonchev–Trinajstić information content (AvgIpc) is 2.77. The quantitative estimate of drug-likeness (QED) is 0.673. The third-order valence-electron chi connectivity index (χ3n) is 3.77. The van der Waals surface area contributed by atoms with Crippen LogP contribution in [0.4, 0.5) is 0 Å². The molecule has 0 radical (unpaired) electrons. The highest BCUT2D eigenvalue weighted by Gasteiger charge is 2.18. The van der Waals surface area contributed by atoms with Crippen molar-refractivity contribution in [2.45, 2.75) is 50.9 Å². The Labute approximate surface area is 116 Å². The molecule has 0 aromatic carbocycles. The zero-order valence-corrected chi connectivity index (χ0v) is 11.9. The van der Waals surface area contributed by atoms with E-state index in [0.29, 0.717) is 11.1 Å². The van der Waals surface area contributed by atoms with Gasteiger partial charge in [-0.15, -0.1) is 11.3 Å². The molecule has 0 aliphatic heterocycles. The molecule has 96 valence electrons. The second-order valence-corrected chi connectivity index (χ2v) is 6.31. The minimum absolute atomic E-state index is 0.509. The third-order valence-corrected chi connectivity index (χ3v) is 4.86. The molecule has 0 atom stereocenters. The Hall–Kier alpha value is -0.670. The van der Waals surface area contributed by atoms with E-state index in [2.05, 4.69) is 4.98 Å². The highest BCUT2D eigenvalue weighted by Crippen LogP contribution is 2.32. The Morgan fingerprint density at radius 2 is 1.78 bits per heavy atom. The van der Waals surface area contributed by atoms with E-state index in [1.807, 2.05) is 11.4 Å². The van der Waals surface area contributed by atoms with Gasteiger partial charge in [0.05, 0.1) is 0 Å². The first-order valence-electron chi connectivity index (χ1n) is 6.75. The Morgan fingerprint density at radius 3 is 2.56 bits per heavy atom. The predicted octanol–water partition coefficient (Wildman–Crippen LogP) is 5.17. The van der Waals surface area contributed by atoms with E-state index in [1.165, 1.54) is 44.9 Å². The first-order valence-corrected chi connectivity index (χ1v) is 8.01. The number of hydrogen-bond acceptors (Lipinski definition) is 3. The summed E-state index contributed by atoms with van der Waals surface area (Å²) in [5.74, 6) is 1.48. The molecule has 0 amide bonds. The van der Waals surface area contributed by atoms with Crippen LogP contribution in [0.3, 0.4) is 0 Å². The zero-order valence-electron chi connectivity index (χ0n) is 10.4. The molecule has 1 fully saturated rings. The molecule has 3 rings (SSSR count). The van der Waals surface area contributed by atoms with Crippen molar-refractivity contribution in [3.63, 3.8) is 0 Å². The molecular weight excluding hydrogens is 264 g/mol. The van der Waals surface area contributed by atoms with E-state index in [4.69, 9.17) is 16.6 Å². The first-order chi connectivity index (χ1) is 8.84. The fraction of sp³-hybridized carbons (Fsp3) is 0.571. The fourth-order valence-corrected chi connectivity index (χ4v) is 3.80. The van der Waals surface area contributed by atoms with Crippen molar-refractivity contribution in [3.8, 4) is 0 Å². The normalized spacial score (nSPS) is 18.7. The Balaban J connectivity index is 1.91. The summed E-state index contributed by atoms with van der Waals surface area (Å²) in [6.45, 7) is 0. The number of rotatable bonds is 1. The molecule has 2 aromatic heterocycles. The van der Waals surface area contributed by atoms with Crippen molar-refractivity contribution in [1.82, 2.24) is 9.97 Å². The summed E-state index contributed by atoms with van der Waals surface area (Å²) < 4.78 is 0. The molecule has 18 heavy (non-hydrogen) atoms. The molecule has 2 nitrogen and oxygen atoms in total. The minimum atomic E-state index is 0.509. The number of fused-ring (bicyclic) bond motifs is 1. The van der Waals surface area contributed by atoms with Crippen LogP contribution in [0.2, 0.25) is 5.15 Å². The van der Waals surface area contributed by atoms with E-state index in [0.717, 1.165) is 16.0 Å². The van der Waals surface area contributed by atoms with Gasteiger partial charge in [0.25, 0.3) is 0 Å². The summed E-state index contributed by atoms with van der Waals surface area (Å²) in [5, 5.41) is 3.65. The van der Waals surface area contributed by atoms with Gasteiger partial charge >= 0.3 is 0 Å². The molecule has 1 aliphatic carbocycles. The Kier molecular flexibility index (Phi) is 3.80. The molecule has 2 heterocycles. The number of aromatic nitrogens is 2. The van der Waals surface area contributed by atoms with Gasteiger partial charge in [-0.3, -0.25) is 0 Å². The highest BCUT2D eigenvalue weighted by atomic mass is 35.5. The summed E-state index contributed by atoms with van der Waals surface area (Å²) in [7, 11) is 0. The fourth-order valence-electron chi connectivity index (χ4n) is 2.73. The maximum atomic E-state index is 6.25.